The van der Waals surface area contributed by atoms with E-state index >= 15 is 0 Å². The highest BCUT2D eigenvalue weighted by molar-refractivity contribution is 5.61. The Morgan fingerprint density at radius 3 is 2.75 bits per heavy atom. The molecule has 3 rings (SSSR count). The zero-order chi connectivity index (χ0) is 14.3. The molecule has 0 spiro atoms. The van der Waals surface area contributed by atoms with Gasteiger partial charge in [0.05, 0.1) is 10.5 Å². The van der Waals surface area contributed by atoms with Crippen LogP contribution < -0.4 is 5.73 Å². The molecule has 2 aromatic rings. The molecule has 0 radical (unpaired) electrons. The standard InChI is InChI=1S/C13H14N4O3/c1-8-7-9(17(18)19)3-4-10(8)11-15-12(16-20-11)13(14)5-2-6-13/h3-4,7H,2,5-6,14H2,1H3. The molecule has 1 fully saturated rings. The first-order chi connectivity index (χ1) is 9.49. The van der Waals surface area contributed by atoms with Gasteiger partial charge in [0.2, 0.25) is 0 Å². The lowest BCUT2D eigenvalue weighted by molar-refractivity contribution is -0.384. The zero-order valence-corrected chi connectivity index (χ0v) is 11.0. The Bertz CT molecular complexity index is 676. The summed E-state index contributed by atoms with van der Waals surface area (Å²) >= 11 is 0. The molecule has 0 unspecified atom stereocenters. The van der Waals surface area contributed by atoms with Crippen LogP contribution in [0.15, 0.2) is 22.7 Å². The number of aromatic nitrogens is 2. The first kappa shape index (κ1) is 12.7. The van der Waals surface area contributed by atoms with Crippen LogP contribution >= 0.6 is 0 Å². The van der Waals surface area contributed by atoms with Gasteiger partial charge in [-0.25, -0.2) is 0 Å². The third-order valence-electron chi connectivity index (χ3n) is 3.77. The van der Waals surface area contributed by atoms with E-state index in [9.17, 15) is 10.1 Å². The number of nitro benzene ring substituents is 1. The molecule has 0 amide bonds. The van der Waals surface area contributed by atoms with Crippen molar-refractivity contribution in [3.05, 3.63) is 39.7 Å². The number of nitro groups is 1. The van der Waals surface area contributed by atoms with Gasteiger partial charge in [0, 0.05) is 17.7 Å². The van der Waals surface area contributed by atoms with Crippen molar-refractivity contribution in [2.75, 3.05) is 0 Å². The van der Waals surface area contributed by atoms with Crippen molar-refractivity contribution in [2.45, 2.75) is 31.7 Å². The minimum Gasteiger partial charge on any atom is -0.334 e. The summed E-state index contributed by atoms with van der Waals surface area (Å²) in [6.45, 7) is 1.77. The van der Waals surface area contributed by atoms with Crippen LogP contribution in [0.4, 0.5) is 5.69 Å². The highest BCUT2D eigenvalue weighted by Gasteiger charge is 2.39. The maximum Gasteiger partial charge on any atom is 0.269 e. The molecular weight excluding hydrogens is 260 g/mol. The van der Waals surface area contributed by atoms with Gasteiger partial charge in [0.15, 0.2) is 5.82 Å². The lowest BCUT2D eigenvalue weighted by Crippen LogP contribution is -2.44. The lowest BCUT2D eigenvalue weighted by Gasteiger charge is -2.34. The van der Waals surface area contributed by atoms with Crippen LogP contribution in [0.5, 0.6) is 0 Å². The Kier molecular flexibility index (Phi) is 2.79. The number of aryl methyl sites for hydroxylation is 1. The summed E-state index contributed by atoms with van der Waals surface area (Å²) in [4.78, 5) is 14.6. The molecule has 1 aromatic carbocycles. The van der Waals surface area contributed by atoms with Crippen molar-refractivity contribution in [2.24, 2.45) is 5.73 Å². The lowest BCUT2D eigenvalue weighted by atomic mass is 9.77. The topological polar surface area (TPSA) is 108 Å². The molecule has 1 aliphatic carbocycles. The first-order valence-corrected chi connectivity index (χ1v) is 6.38. The molecule has 7 nitrogen and oxygen atoms in total. The summed E-state index contributed by atoms with van der Waals surface area (Å²) in [5.41, 5.74) is 7.12. The second-order valence-electron chi connectivity index (χ2n) is 5.19. The fourth-order valence-corrected chi connectivity index (χ4v) is 2.32. The smallest absolute Gasteiger partial charge is 0.269 e. The van der Waals surface area contributed by atoms with Crippen molar-refractivity contribution < 1.29 is 9.45 Å². The fourth-order valence-electron chi connectivity index (χ4n) is 2.32. The average Bonchev–Trinajstić information content (AvgIpc) is 2.85. The van der Waals surface area contributed by atoms with E-state index in [1.165, 1.54) is 12.1 Å². The normalized spacial score (nSPS) is 16.7. The van der Waals surface area contributed by atoms with Crippen LogP contribution in [0, 0.1) is 17.0 Å². The van der Waals surface area contributed by atoms with Crippen molar-refractivity contribution in [3.63, 3.8) is 0 Å². The summed E-state index contributed by atoms with van der Waals surface area (Å²) in [7, 11) is 0. The number of nitrogens with zero attached hydrogens (tertiary/aromatic N) is 3. The minimum atomic E-state index is -0.476. The number of nitrogens with two attached hydrogens (primary N) is 1. The summed E-state index contributed by atoms with van der Waals surface area (Å²) in [6.07, 6.45) is 2.77. The molecular formula is C13H14N4O3. The van der Waals surface area contributed by atoms with E-state index in [-0.39, 0.29) is 5.69 Å². The monoisotopic (exact) mass is 274 g/mol. The molecule has 0 saturated heterocycles. The maximum atomic E-state index is 10.7. The van der Waals surface area contributed by atoms with E-state index < -0.39 is 10.5 Å². The van der Waals surface area contributed by atoms with E-state index in [4.69, 9.17) is 10.3 Å². The SMILES string of the molecule is Cc1cc([N+](=O)[O-])ccc1-c1nc(C2(N)CCC2)no1. The highest BCUT2D eigenvalue weighted by atomic mass is 16.6. The Balaban J connectivity index is 1.95. The molecule has 1 saturated carbocycles. The minimum absolute atomic E-state index is 0.0419. The number of hydrogen-bond donors (Lipinski definition) is 1. The number of benzene rings is 1. The van der Waals surface area contributed by atoms with Crippen molar-refractivity contribution in [1.82, 2.24) is 10.1 Å². The summed E-state index contributed by atoms with van der Waals surface area (Å²) in [6, 6.07) is 4.53. The van der Waals surface area contributed by atoms with Gasteiger partial charge in [-0.15, -0.1) is 0 Å². The van der Waals surface area contributed by atoms with E-state index in [0.717, 1.165) is 19.3 Å². The third-order valence-corrected chi connectivity index (χ3v) is 3.77. The van der Waals surface area contributed by atoms with Gasteiger partial charge in [-0.05, 0) is 37.8 Å². The van der Waals surface area contributed by atoms with E-state index in [1.807, 2.05) is 0 Å². The molecule has 2 N–H and O–H groups in total. The highest BCUT2D eigenvalue weighted by Crippen LogP contribution is 2.38. The molecule has 0 atom stereocenters. The number of rotatable bonds is 3. The molecule has 20 heavy (non-hydrogen) atoms. The fraction of sp³-hybridized carbons (Fsp3) is 0.385. The third kappa shape index (κ3) is 1.96. The molecule has 1 aliphatic rings. The summed E-state index contributed by atoms with van der Waals surface area (Å²) < 4.78 is 5.24. The zero-order valence-electron chi connectivity index (χ0n) is 11.0. The van der Waals surface area contributed by atoms with Crippen molar-refractivity contribution >= 4 is 5.69 Å². The van der Waals surface area contributed by atoms with E-state index in [2.05, 4.69) is 10.1 Å². The quantitative estimate of drug-likeness (QED) is 0.679. The molecule has 104 valence electrons. The molecule has 0 aliphatic heterocycles. The van der Waals surface area contributed by atoms with Crippen LogP contribution in [0.3, 0.4) is 0 Å². The average molecular weight is 274 g/mol. The summed E-state index contributed by atoms with van der Waals surface area (Å²) in [5.74, 6) is 0.862. The molecule has 7 heteroatoms. The van der Waals surface area contributed by atoms with Gasteiger partial charge < -0.3 is 10.3 Å². The van der Waals surface area contributed by atoms with Gasteiger partial charge in [-0.1, -0.05) is 5.16 Å². The second kappa shape index (κ2) is 4.38. The second-order valence-corrected chi connectivity index (χ2v) is 5.19. The maximum absolute atomic E-state index is 10.7. The van der Waals surface area contributed by atoms with Crippen LogP contribution in [0.25, 0.3) is 11.5 Å². The molecule has 0 bridgehead atoms. The van der Waals surface area contributed by atoms with Gasteiger partial charge >= 0.3 is 0 Å². The predicted octanol–water partition coefficient (Wildman–Crippen LogP) is 2.29. The number of non-ortho nitro benzene ring substituents is 1. The first-order valence-electron chi connectivity index (χ1n) is 6.38. The van der Waals surface area contributed by atoms with Crippen LogP contribution in [-0.4, -0.2) is 15.1 Å². The Labute approximate surface area is 114 Å². The Morgan fingerprint density at radius 2 is 2.20 bits per heavy atom. The van der Waals surface area contributed by atoms with Crippen LogP contribution in [-0.2, 0) is 5.54 Å². The largest absolute Gasteiger partial charge is 0.334 e. The van der Waals surface area contributed by atoms with Crippen molar-refractivity contribution in [3.8, 4) is 11.5 Å². The van der Waals surface area contributed by atoms with Crippen LogP contribution in [0.2, 0.25) is 0 Å². The van der Waals surface area contributed by atoms with E-state index in [1.54, 1.807) is 13.0 Å². The Hall–Kier alpha value is -2.28. The van der Waals surface area contributed by atoms with Gasteiger partial charge in [0.25, 0.3) is 11.6 Å². The number of hydrogen-bond acceptors (Lipinski definition) is 6. The van der Waals surface area contributed by atoms with Crippen LogP contribution in [0.1, 0.15) is 30.7 Å². The van der Waals surface area contributed by atoms with Gasteiger partial charge in [-0.2, -0.15) is 4.98 Å². The van der Waals surface area contributed by atoms with Gasteiger partial charge in [-0.3, -0.25) is 10.1 Å². The van der Waals surface area contributed by atoms with Gasteiger partial charge in [0.1, 0.15) is 0 Å². The molecule has 1 heterocycles. The molecule has 1 aromatic heterocycles. The van der Waals surface area contributed by atoms with Crippen molar-refractivity contribution in [1.29, 1.82) is 0 Å². The predicted molar refractivity (Wildman–Crippen MR) is 70.8 cm³/mol. The summed E-state index contributed by atoms with van der Waals surface area (Å²) in [5, 5.41) is 14.7. The Morgan fingerprint density at radius 1 is 1.45 bits per heavy atom. The van der Waals surface area contributed by atoms with E-state index in [0.29, 0.717) is 22.8 Å².